The van der Waals surface area contributed by atoms with Crippen molar-refractivity contribution in [1.82, 2.24) is 0 Å². The van der Waals surface area contributed by atoms with E-state index < -0.39 is 0 Å². The summed E-state index contributed by atoms with van der Waals surface area (Å²) in [5.74, 6) is 1.44. The molecule has 2 aromatic rings. The van der Waals surface area contributed by atoms with E-state index in [9.17, 15) is 4.79 Å². The maximum atomic E-state index is 11.8. The van der Waals surface area contributed by atoms with Crippen molar-refractivity contribution >= 4 is 23.0 Å². The van der Waals surface area contributed by atoms with Crippen LogP contribution in [-0.4, -0.2) is 5.97 Å². The van der Waals surface area contributed by atoms with Gasteiger partial charge in [-0.1, -0.05) is 36.3 Å². The van der Waals surface area contributed by atoms with Gasteiger partial charge in [0.2, 0.25) is 0 Å². The molecule has 0 spiro atoms. The van der Waals surface area contributed by atoms with E-state index >= 15 is 0 Å². The molecule has 25 heavy (non-hydrogen) atoms. The first-order chi connectivity index (χ1) is 11.5. The smallest absolute Gasteiger partial charge is 0.478 e. The number of carbonyl (C=O) groups is 1. The maximum Gasteiger partial charge on any atom is 2.00 e. The van der Waals surface area contributed by atoms with Crippen molar-refractivity contribution in [2.24, 2.45) is 0 Å². The van der Waals surface area contributed by atoms with Crippen molar-refractivity contribution in [3.05, 3.63) is 46.4 Å². The monoisotopic (exact) mass is 561 g/mol. The summed E-state index contributed by atoms with van der Waals surface area (Å²) in [5.41, 5.74) is 3.43. The largest absolute Gasteiger partial charge is 2.00 e. The second-order valence-corrected chi connectivity index (χ2v) is 6.32. The quantitative estimate of drug-likeness (QED) is 0.347. The molecule has 0 amide bonds. The zero-order valence-electron chi connectivity index (χ0n) is 14.8. The van der Waals surface area contributed by atoms with Crippen LogP contribution in [0.25, 0.3) is 17.0 Å². The van der Waals surface area contributed by atoms with Gasteiger partial charge < -0.3 is 9.15 Å². The number of aryl methyl sites for hydroxylation is 2. The molecule has 0 aliphatic carbocycles. The minimum Gasteiger partial charge on any atom is -0.478 e. The Balaban J connectivity index is 0.00000225. The number of allylic oxidation sites excluding steroid dienone is 1. The van der Waals surface area contributed by atoms with E-state index in [2.05, 4.69) is 13.0 Å². The first-order valence-corrected chi connectivity index (χ1v) is 8.28. The van der Waals surface area contributed by atoms with Crippen molar-refractivity contribution in [3.63, 3.8) is 0 Å². The summed E-state index contributed by atoms with van der Waals surface area (Å²) < 4.78 is 11.2. The number of benzene rings is 1. The molecule has 4 nitrogen and oxygen atoms in total. The predicted molar refractivity (Wildman–Crippen MR) is 92.5 cm³/mol. The molecule has 1 N–H and O–H groups in total. The van der Waals surface area contributed by atoms with Crippen LogP contribution < -0.4 is 10.3 Å². The Labute approximate surface area is 171 Å². The fraction of sp³-hybridized carbons (Fsp3) is 0.350. The van der Waals surface area contributed by atoms with E-state index in [0.29, 0.717) is 24.2 Å². The Hall–Kier alpha value is -1.44. The summed E-state index contributed by atoms with van der Waals surface area (Å²) in [4.78, 5) is 11.8. The van der Waals surface area contributed by atoms with Crippen LogP contribution in [0.15, 0.2) is 16.6 Å². The van der Waals surface area contributed by atoms with Crippen LogP contribution in [0.1, 0.15) is 50.3 Å². The molecule has 0 bridgehead atoms. The van der Waals surface area contributed by atoms with Crippen molar-refractivity contribution in [2.75, 3.05) is 0 Å². The number of esters is 1. The van der Waals surface area contributed by atoms with E-state index in [0.717, 1.165) is 40.8 Å². The van der Waals surface area contributed by atoms with Crippen LogP contribution in [-0.2, 0) is 17.6 Å². The van der Waals surface area contributed by atoms with E-state index in [-0.39, 0.29) is 42.6 Å². The third kappa shape index (κ3) is 4.22. The van der Waals surface area contributed by atoms with Gasteiger partial charge in [-0.05, 0) is 18.1 Å². The van der Waals surface area contributed by atoms with Gasteiger partial charge in [0, 0.05) is 6.42 Å². The van der Waals surface area contributed by atoms with Gasteiger partial charge >= 0.3 is 37.1 Å². The van der Waals surface area contributed by atoms with Gasteiger partial charge in [-0.25, -0.2) is 5.92 Å². The Morgan fingerprint density at radius 1 is 1.36 bits per heavy atom. The average molecular weight is 561 g/mol. The van der Waals surface area contributed by atoms with E-state index in [1.807, 2.05) is 26.0 Å². The first-order valence-electron chi connectivity index (χ1n) is 8.28. The topological polar surface area (TPSA) is 63.3 Å². The van der Waals surface area contributed by atoms with Crippen LogP contribution in [0.5, 0.6) is 5.75 Å². The number of nitrogens with one attached hydrogen (secondary N) is 1. The Kier molecular flexibility index (Phi) is 6.60. The molecule has 0 saturated heterocycles. The summed E-state index contributed by atoms with van der Waals surface area (Å²) in [6.45, 7) is 6.14. The van der Waals surface area contributed by atoms with Gasteiger partial charge in [0.25, 0.3) is 0 Å². The number of rotatable bonds is 4. The standard InChI is InChI=1S/C20H21NO3.U/c1-4-5-13-11-17(21)23-20-15-8-9-18(22)24-19(15)14(10-16(13)20)7-6-12(2)3;/h6-7,11,21H,4-5,8-9H2,1-3H3;/q-2;+2. The molecule has 1 aliphatic rings. The zero-order chi connectivity index (χ0) is 17.3. The van der Waals surface area contributed by atoms with E-state index in [4.69, 9.17) is 14.6 Å². The molecule has 3 rings (SSSR count). The average Bonchev–Trinajstić information content (AvgIpc) is 2.53. The molecule has 128 valence electrons. The minimum atomic E-state index is -0.238. The number of hydrogen-bond donors (Lipinski definition) is 1. The van der Waals surface area contributed by atoms with Crippen molar-refractivity contribution in [2.45, 2.75) is 46.5 Å². The number of fused-ring (bicyclic) bond motifs is 3. The van der Waals surface area contributed by atoms with Gasteiger partial charge in [0.15, 0.2) is 5.55 Å². The summed E-state index contributed by atoms with van der Waals surface area (Å²) >= 11 is 0. The molecule has 5 heteroatoms. The number of hydrogen-bond acceptors (Lipinski definition) is 4. The maximum absolute atomic E-state index is 11.8. The first kappa shape index (κ1) is 19.9. The van der Waals surface area contributed by atoms with Crippen molar-refractivity contribution in [3.8, 4) is 5.75 Å². The van der Waals surface area contributed by atoms with Gasteiger partial charge in [-0.15, -0.1) is 26.0 Å². The molecular formula is C20H21NO3U. The summed E-state index contributed by atoms with van der Waals surface area (Å²) in [5, 5.41) is 8.83. The fourth-order valence-electron chi connectivity index (χ4n) is 2.94. The molecular weight excluding hydrogens is 540 g/mol. The Bertz CT molecular complexity index is 881. The second kappa shape index (κ2) is 8.29. The van der Waals surface area contributed by atoms with Crippen LogP contribution in [0, 0.1) is 48.5 Å². The summed E-state index contributed by atoms with van der Waals surface area (Å²) in [7, 11) is 0. The zero-order valence-corrected chi connectivity index (χ0v) is 18.9. The van der Waals surface area contributed by atoms with Crippen LogP contribution in [0.3, 0.4) is 0 Å². The number of carbonyl (C=O) groups excluding carboxylic acids is 1. The SMILES string of the molecule is CCCc1cc(=N)oc2c3c(c(C=C[C-](C)C)[c-]c12)OC(=O)CC3.[U+2]. The number of ether oxygens (including phenoxy) is 1. The minimum absolute atomic E-state index is 0. The third-order valence-corrected chi connectivity index (χ3v) is 4.02. The predicted octanol–water partition coefficient (Wildman–Crippen LogP) is 4.14. The normalized spacial score (nSPS) is 13.5. The van der Waals surface area contributed by atoms with Gasteiger partial charge in [-0.2, -0.15) is 6.08 Å². The van der Waals surface area contributed by atoms with Crippen LogP contribution in [0.4, 0.5) is 0 Å². The van der Waals surface area contributed by atoms with E-state index in [1.54, 1.807) is 6.07 Å². The van der Waals surface area contributed by atoms with Crippen molar-refractivity contribution < 1.29 is 45.1 Å². The molecule has 1 aromatic heterocycles. The molecule has 2 heterocycles. The van der Waals surface area contributed by atoms with Gasteiger partial charge in [-0.3, -0.25) is 10.2 Å². The second-order valence-electron chi connectivity index (χ2n) is 6.32. The van der Waals surface area contributed by atoms with Crippen LogP contribution >= 0.6 is 0 Å². The molecule has 0 radical (unpaired) electrons. The Morgan fingerprint density at radius 2 is 2.12 bits per heavy atom. The molecule has 1 aliphatic heterocycles. The third-order valence-electron chi connectivity index (χ3n) is 4.02. The molecule has 0 unspecified atom stereocenters. The fourth-order valence-corrected chi connectivity index (χ4v) is 2.94. The summed E-state index contributed by atoms with van der Waals surface area (Å²) in [6, 6.07) is 5.12. The van der Waals surface area contributed by atoms with Gasteiger partial charge in [0.1, 0.15) is 0 Å². The Morgan fingerprint density at radius 3 is 2.80 bits per heavy atom. The molecule has 0 saturated carbocycles. The van der Waals surface area contributed by atoms with Gasteiger partial charge in [0.05, 0.1) is 11.3 Å². The van der Waals surface area contributed by atoms with Crippen molar-refractivity contribution in [1.29, 1.82) is 5.41 Å². The molecule has 1 aromatic carbocycles. The molecule has 0 fully saturated rings. The van der Waals surface area contributed by atoms with Crippen LogP contribution in [0.2, 0.25) is 0 Å². The van der Waals surface area contributed by atoms with E-state index in [1.165, 1.54) is 0 Å². The summed E-state index contributed by atoms with van der Waals surface area (Å²) in [6.07, 6.45) is 6.64. The molecule has 0 atom stereocenters.